The lowest BCUT2D eigenvalue weighted by Crippen LogP contribution is -2.17. The van der Waals surface area contributed by atoms with Gasteiger partial charge in [-0.25, -0.2) is 4.98 Å². The molecule has 0 aromatic carbocycles. The predicted molar refractivity (Wildman–Crippen MR) is 59.3 cm³/mol. The van der Waals surface area contributed by atoms with Crippen LogP contribution in [0, 0.1) is 0 Å². The molecule has 0 unspecified atom stereocenters. The van der Waals surface area contributed by atoms with E-state index in [1.165, 1.54) is 11.3 Å². The van der Waals surface area contributed by atoms with Crippen LogP contribution in [-0.4, -0.2) is 9.38 Å². The first kappa shape index (κ1) is 8.61. The largest absolute Gasteiger partial charge is 0.269 e. The minimum atomic E-state index is 0.105. The molecule has 0 saturated carbocycles. The topological polar surface area (TPSA) is 34.4 Å². The Morgan fingerprint density at radius 1 is 1.64 bits per heavy atom. The van der Waals surface area contributed by atoms with E-state index in [4.69, 9.17) is 0 Å². The van der Waals surface area contributed by atoms with E-state index >= 15 is 0 Å². The van der Waals surface area contributed by atoms with Crippen molar-refractivity contribution in [2.75, 3.05) is 0 Å². The number of alkyl halides is 1. The Labute approximate surface area is 92.5 Å². The van der Waals surface area contributed by atoms with Crippen LogP contribution < -0.4 is 5.56 Å². The van der Waals surface area contributed by atoms with Gasteiger partial charge in [-0.05, 0) is 12.8 Å². The van der Waals surface area contributed by atoms with Gasteiger partial charge in [0.1, 0.15) is 0 Å². The van der Waals surface area contributed by atoms with Gasteiger partial charge in [0, 0.05) is 17.1 Å². The molecule has 3 rings (SSSR count). The van der Waals surface area contributed by atoms with Crippen LogP contribution in [0.25, 0.3) is 4.96 Å². The molecule has 1 atom stereocenters. The van der Waals surface area contributed by atoms with Gasteiger partial charge >= 0.3 is 0 Å². The first-order valence-electron chi connectivity index (χ1n) is 4.40. The monoisotopic (exact) mass is 270 g/mol. The van der Waals surface area contributed by atoms with E-state index in [9.17, 15) is 4.79 Å². The highest BCUT2D eigenvalue weighted by molar-refractivity contribution is 9.09. The van der Waals surface area contributed by atoms with E-state index in [-0.39, 0.29) is 10.4 Å². The smallest absolute Gasteiger partial charge is 0.261 e. The zero-order valence-electron chi connectivity index (χ0n) is 7.24. The van der Waals surface area contributed by atoms with Crippen LogP contribution in [0.3, 0.4) is 0 Å². The molecule has 14 heavy (non-hydrogen) atoms. The zero-order valence-corrected chi connectivity index (χ0v) is 9.64. The zero-order chi connectivity index (χ0) is 9.71. The first-order chi connectivity index (χ1) is 6.77. The molecule has 0 amide bonds. The van der Waals surface area contributed by atoms with Crippen LogP contribution in [0.2, 0.25) is 0 Å². The fourth-order valence-corrected chi connectivity index (χ4v) is 3.16. The Hall–Kier alpha value is -0.680. The molecule has 0 aliphatic heterocycles. The predicted octanol–water partition coefficient (Wildman–Crippen LogP) is 2.14. The standard InChI is InChI=1S/C9H7BrN2OS/c10-6-2-1-5-7(6)11-9-12(8(5)13)3-4-14-9/h3-4,6H,1-2H2/t6-/m1/s1. The van der Waals surface area contributed by atoms with Gasteiger partial charge in [0.15, 0.2) is 4.96 Å². The maximum atomic E-state index is 11.9. The van der Waals surface area contributed by atoms with Crippen LogP contribution in [0.1, 0.15) is 22.5 Å². The molecular formula is C9H7BrN2OS. The van der Waals surface area contributed by atoms with Gasteiger partial charge in [-0.1, -0.05) is 15.9 Å². The summed E-state index contributed by atoms with van der Waals surface area (Å²) >= 11 is 5.04. The van der Waals surface area contributed by atoms with E-state index in [1.54, 1.807) is 10.6 Å². The van der Waals surface area contributed by atoms with E-state index in [0.29, 0.717) is 0 Å². The molecule has 1 aliphatic rings. The average molecular weight is 271 g/mol. The average Bonchev–Trinajstić information content (AvgIpc) is 2.75. The summed E-state index contributed by atoms with van der Waals surface area (Å²) < 4.78 is 1.63. The lowest BCUT2D eigenvalue weighted by Gasteiger charge is -2.01. The van der Waals surface area contributed by atoms with Crippen molar-refractivity contribution in [2.45, 2.75) is 17.7 Å². The third kappa shape index (κ3) is 1.02. The number of hydrogen-bond donors (Lipinski definition) is 0. The van der Waals surface area contributed by atoms with Gasteiger partial charge in [-0.15, -0.1) is 11.3 Å². The van der Waals surface area contributed by atoms with Crippen LogP contribution in [0.15, 0.2) is 16.4 Å². The van der Waals surface area contributed by atoms with Crippen LogP contribution >= 0.6 is 27.3 Å². The van der Waals surface area contributed by atoms with Crippen molar-refractivity contribution in [2.24, 2.45) is 0 Å². The second-order valence-electron chi connectivity index (χ2n) is 3.34. The van der Waals surface area contributed by atoms with Crippen molar-refractivity contribution in [3.8, 4) is 0 Å². The highest BCUT2D eigenvalue weighted by atomic mass is 79.9. The Morgan fingerprint density at radius 3 is 3.36 bits per heavy atom. The fourth-order valence-electron chi connectivity index (χ4n) is 1.83. The number of halogens is 1. The lowest BCUT2D eigenvalue weighted by atomic mass is 10.3. The summed E-state index contributed by atoms with van der Waals surface area (Å²) in [6.07, 6.45) is 3.61. The Bertz CT molecular complexity index is 559. The number of aromatic nitrogens is 2. The molecule has 0 saturated heterocycles. The van der Waals surface area contributed by atoms with E-state index < -0.39 is 0 Å². The van der Waals surface area contributed by atoms with Crippen molar-refractivity contribution in [1.82, 2.24) is 9.38 Å². The van der Waals surface area contributed by atoms with Crippen LogP contribution in [0.4, 0.5) is 0 Å². The molecule has 2 aromatic heterocycles. The van der Waals surface area contributed by atoms with Gasteiger partial charge < -0.3 is 0 Å². The Kier molecular flexibility index (Phi) is 1.79. The van der Waals surface area contributed by atoms with Crippen LogP contribution in [0.5, 0.6) is 0 Å². The van der Waals surface area contributed by atoms with Crippen LogP contribution in [-0.2, 0) is 6.42 Å². The van der Waals surface area contributed by atoms with Crippen molar-refractivity contribution >= 4 is 32.2 Å². The highest BCUT2D eigenvalue weighted by Crippen LogP contribution is 2.34. The van der Waals surface area contributed by atoms with Crippen molar-refractivity contribution in [3.63, 3.8) is 0 Å². The SMILES string of the molecule is O=c1c2c(nc3sccn13)[C@H](Br)CC2. The first-order valence-corrected chi connectivity index (χ1v) is 6.19. The second kappa shape index (κ2) is 2.90. The fraction of sp³-hybridized carbons (Fsp3) is 0.333. The number of fused-ring (bicyclic) bond motifs is 2. The molecule has 0 N–H and O–H groups in total. The molecule has 2 heterocycles. The molecule has 0 fully saturated rings. The summed E-state index contributed by atoms with van der Waals surface area (Å²) in [6.45, 7) is 0. The molecule has 3 nitrogen and oxygen atoms in total. The Morgan fingerprint density at radius 2 is 2.50 bits per heavy atom. The quantitative estimate of drug-likeness (QED) is 0.688. The maximum Gasteiger partial charge on any atom is 0.261 e. The van der Waals surface area contributed by atoms with E-state index in [2.05, 4.69) is 20.9 Å². The van der Waals surface area contributed by atoms with Crippen molar-refractivity contribution in [1.29, 1.82) is 0 Å². The minimum Gasteiger partial charge on any atom is -0.269 e. The summed E-state index contributed by atoms with van der Waals surface area (Å²) in [5.41, 5.74) is 1.92. The summed E-state index contributed by atoms with van der Waals surface area (Å²) in [7, 11) is 0. The Balaban J connectivity index is 2.47. The van der Waals surface area contributed by atoms with E-state index in [1.807, 2.05) is 5.38 Å². The van der Waals surface area contributed by atoms with Crippen molar-refractivity contribution in [3.05, 3.63) is 33.2 Å². The second-order valence-corrected chi connectivity index (χ2v) is 5.32. The molecule has 72 valence electrons. The number of thiazole rings is 1. The van der Waals surface area contributed by atoms with Gasteiger partial charge in [0.05, 0.1) is 10.5 Å². The summed E-state index contributed by atoms with van der Waals surface area (Å²) in [5, 5.41) is 1.89. The highest BCUT2D eigenvalue weighted by Gasteiger charge is 2.25. The third-order valence-corrected chi connectivity index (χ3v) is 4.18. The number of hydrogen-bond acceptors (Lipinski definition) is 3. The summed E-state index contributed by atoms with van der Waals surface area (Å²) in [6, 6.07) is 0. The third-order valence-electron chi connectivity index (χ3n) is 2.54. The maximum absolute atomic E-state index is 11.9. The molecule has 2 aromatic rings. The van der Waals surface area contributed by atoms with Gasteiger partial charge in [-0.2, -0.15) is 0 Å². The van der Waals surface area contributed by atoms with Crippen molar-refractivity contribution < 1.29 is 0 Å². The number of nitrogens with zero attached hydrogens (tertiary/aromatic N) is 2. The number of rotatable bonds is 0. The lowest BCUT2D eigenvalue weighted by molar-refractivity contribution is 0.891. The molecular weight excluding hydrogens is 264 g/mol. The normalized spacial score (nSPS) is 20.2. The summed E-state index contributed by atoms with van der Waals surface area (Å²) in [5.74, 6) is 0. The molecule has 5 heteroatoms. The van der Waals surface area contributed by atoms with Gasteiger partial charge in [0.25, 0.3) is 5.56 Å². The molecule has 0 bridgehead atoms. The van der Waals surface area contributed by atoms with Gasteiger partial charge in [-0.3, -0.25) is 9.20 Å². The summed E-state index contributed by atoms with van der Waals surface area (Å²) in [4.78, 5) is 17.5. The molecule has 0 spiro atoms. The van der Waals surface area contributed by atoms with Gasteiger partial charge in [0.2, 0.25) is 0 Å². The molecule has 0 radical (unpaired) electrons. The molecule has 1 aliphatic carbocycles. The minimum absolute atomic E-state index is 0.105. The van der Waals surface area contributed by atoms with E-state index in [0.717, 1.165) is 29.1 Å².